The van der Waals surface area contributed by atoms with Crippen LogP contribution in [0.5, 0.6) is 0 Å². The van der Waals surface area contributed by atoms with Crippen LogP contribution in [0.25, 0.3) is 0 Å². The summed E-state index contributed by atoms with van der Waals surface area (Å²) in [6, 6.07) is 2.60. The van der Waals surface area contributed by atoms with E-state index in [0.717, 1.165) is 18.6 Å². The maximum atomic E-state index is 14.4. The highest BCUT2D eigenvalue weighted by atomic mass is 32.2. The summed E-state index contributed by atoms with van der Waals surface area (Å²) in [6.07, 6.45) is 2.10. The first-order valence-electron chi connectivity index (χ1n) is 6.81. The van der Waals surface area contributed by atoms with Crippen LogP contribution in [-0.2, 0) is 0 Å². The van der Waals surface area contributed by atoms with Crippen molar-refractivity contribution in [3.8, 4) is 0 Å². The molecule has 106 valence electrons. The van der Waals surface area contributed by atoms with Crippen molar-refractivity contribution in [3.63, 3.8) is 0 Å². The third-order valence-corrected chi connectivity index (χ3v) is 5.47. The van der Waals surface area contributed by atoms with Gasteiger partial charge in [0.1, 0.15) is 11.6 Å². The van der Waals surface area contributed by atoms with Gasteiger partial charge in [0.2, 0.25) is 0 Å². The van der Waals surface area contributed by atoms with Crippen molar-refractivity contribution in [2.24, 2.45) is 0 Å². The Morgan fingerprint density at radius 3 is 2.74 bits per heavy atom. The monoisotopic (exact) mass is 285 g/mol. The van der Waals surface area contributed by atoms with Gasteiger partial charge in [-0.05, 0) is 50.6 Å². The number of halogens is 2. The van der Waals surface area contributed by atoms with Crippen molar-refractivity contribution in [2.45, 2.75) is 44.4 Å². The molecule has 19 heavy (non-hydrogen) atoms. The summed E-state index contributed by atoms with van der Waals surface area (Å²) in [5.41, 5.74) is 0.713. The molecular formula is C15H21F2NS. The molecule has 0 spiro atoms. The lowest BCUT2D eigenvalue weighted by molar-refractivity contribution is 0.389. The molecule has 0 saturated carbocycles. The van der Waals surface area contributed by atoms with Crippen LogP contribution >= 0.6 is 11.8 Å². The number of thioether (sulfide) groups is 1. The van der Waals surface area contributed by atoms with Gasteiger partial charge in [-0.3, -0.25) is 0 Å². The molecule has 2 rings (SSSR count). The first-order valence-corrected chi connectivity index (χ1v) is 7.80. The van der Waals surface area contributed by atoms with Crippen LogP contribution in [0.1, 0.15) is 43.9 Å². The second-order valence-corrected chi connectivity index (χ2v) is 6.98. The van der Waals surface area contributed by atoms with Crippen molar-refractivity contribution in [1.29, 1.82) is 0 Å². The topological polar surface area (TPSA) is 12.0 Å². The van der Waals surface area contributed by atoms with Crippen LogP contribution in [0.4, 0.5) is 8.78 Å². The fraction of sp³-hybridized carbons (Fsp3) is 0.600. The molecule has 0 aromatic heterocycles. The van der Waals surface area contributed by atoms with E-state index >= 15 is 0 Å². The predicted molar refractivity (Wildman–Crippen MR) is 77.6 cm³/mol. The number of hydrogen-bond donors (Lipinski definition) is 1. The molecule has 0 radical (unpaired) electrons. The molecule has 0 bridgehead atoms. The van der Waals surface area contributed by atoms with E-state index in [9.17, 15) is 8.78 Å². The summed E-state index contributed by atoms with van der Waals surface area (Å²) in [7, 11) is 0. The highest BCUT2D eigenvalue weighted by Crippen LogP contribution is 2.47. The standard InChI is InChI=1S/C15H21F2NS/c1-4-18-14(15(3)8-5-9-19-15)12-11(16)7-6-10(2)13(12)17/h6-7,14,18H,4-5,8-9H2,1-3H3. The Morgan fingerprint density at radius 1 is 1.42 bits per heavy atom. The van der Waals surface area contributed by atoms with Crippen LogP contribution < -0.4 is 5.32 Å². The maximum absolute atomic E-state index is 14.4. The number of hydrogen-bond acceptors (Lipinski definition) is 2. The lowest BCUT2D eigenvalue weighted by Crippen LogP contribution is -2.38. The molecule has 1 heterocycles. The highest BCUT2D eigenvalue weighted by Gasteiger charge is 2.41. The zero-order valence-corrected chi connectivity index (χ0v) is 12.5. The van der Waals surface area contributed by atoms with E-state index in [1.54, 1.807) is 6.92 Å². The quantitative estimate of drug-likeness (QED) is 0.889. The summed E-state index contributed by atoms with van der Waals surface area (Å²) >= 11 is 1.82. The van der Waals surface area contributed by atoms with Crippen molar-refractivity contribution in [1.82, 2.24) is 5.32 Å². The molecule has 1 aliphatic rings. The third-order valence-electron chi connectivity index (χ3n) is 3.88. The summed E-state index contributed by atoms with van der Waals surface area (Å²) in [4.78, 5) is 0. The van der Waals surface area contributed by atoms with Gasteiger partial charge in [0.25, 0.3) is 0 Å². The lowest BCUT2D eigenvalue weighted by Gasteiger charge is -2.35. The number of nitrogens with one attached hydrogen (secondary N) is 1. The first-order chi connectivity index (χ1) is 8.99. The molecule has 1 aromatic rings. The Hall–Kier alpha value is -0.610. The zero-order chi connectivity index (χ0) is 14.0. The third kappa shape index (κ3) is 2.79. The second kappa shape index (κ2) is 5.80. The Kier molecular flexibility index (Phi) is 4.51. The predicted octanol–water partition coefficient (Wildman–Crippen LogP) is 4.21. The van der Waals surface area contributed by atoms with Crippen LogP contribution in [-0.4, -0.2) is 17.0 Å². The van der Waals surface area contributed by atoms with Gasteiger partial charge in [-0.15, -0.1) is 0 Å². The van der Waals surface area contributed by atoms with Crippen LogP contribution in [0.15, 0.2) is 12.1 Å². The van der Waals surface area contributed by atoms with Crippen LogP contribution in [0.3, 0.4) is 0 Å². The van der Waals surface area contributed by atoms with E-state index in [4.69, 9.17) is 0 Å². The Morgan fingerprint density at radius 2 is 2.16 bits per heavy atom. The minimum Gasteiger partial charge on any atom is -0.309 e. The molecule has 0 amide bonds. The molecule has 2 unspecified atom stereocenters. The number of benzene rings is 1. The molecule has 1 fully saturated rings. The van der Waals surface area contributed by atoms with Crippen molar-refractivity contribution >= 4 is 11.8 Å². The zero-order valence-electron chi connectivity index (χ0n) is 11.7. The van der Waals surface area contributed by atoms with E-state index in [-0.39, 0.29) is 16.4 Å². The van der Waals surface area contributed by atoms with Gasteiger partial charge in [-0.1, -0.05) is 13.0 Å². The number of aryl methyl sites for hydroxylation is 1. The van der Waals surface area contributed by atoms with Gasteiger partial charge >= 0.3 is 0 Å². The first kappa shape index (κ1) is 14.8. The van der Waals surface area contributed by atoms with E-state index in [0.29, 0.717) is 12.1 Å². The molecule has 1 nitrogen and oxygen atoms in total. The van der Waals surface area contributed by atoms with Crippen LogP contribution in [0.2, 0.25) is 0 Å². The lowest BCUT2D eigenvalue weighted by atomic mass is 9.88. The van der Waals surface area contributed by atoms with Gasteiger partial charge in [0.05, 0.1) is 6.04 Å². The minimum absolute atomic E-state index is 0.133. The molecule has 1 N–H and O–H groups in total. The van der Waals surface area contributed by atoms with Gasteiger partial charge in [0, 0.05) is 10.3 Å². The Balaban J connectivity index is 2.47. The van der Waals surface area contributed by atoms with Crippen molar-refractivity contribution < 1.29 is 8.78 Å². The molecule has 0 aliphatic carbocycles. The second-order valence-electron chi connectivity index (χ2n) is 5.35. The van der Waals surface area contributed by atoms with Gasteiger partial charge < -0.3 is 5.32 Å². The smallest absolute Gasteiger partial charge is 0.133 e. The fourth-order valence-corrected chi connectivity index (χ4v) is 4.21. The Labute approximate surface area is 118 Å². The van der Waals surface area contributed by atoms with E-state index in [2.05, 4.69) is 12.2 Å². The van der Waals surface area contributed by atoms with Crippen molar-refractivity contribution in [3.05, 3.63) is 34.9 Å². The maximum Gasteiger partial charge on any atom is 0.133 e. The molecule has 1 saturated heterocycles. The normalized spacial score (nSPS) is 24.7. The van der Waals surface area contributed by atoms with Gasteiger partial charge in [-0.25, -0.2) is 8.78 Å². The van der Waals surface area contributed by atoms with Gasteiger partial charge in [0.15, 0.2) is 0 Å². The van der Waals surface area contributed by atoms with E-state index in [1.807, 2.05) is 18.7 Å². The molecule has 2 atom stereocenters. The van der Waals surface area contributed by atoms with Crippen molar-refractivity contribution in [2.75, 3.05) is 12.3 Å². The minimum atomic E-state index is -0.442. The SMILES string of the molecule is CCNC(c1c(F)ccc(C)c1F)C1(C)CCCS1. The summed E-state index contributed by atoms with van der Waals surface area (Å²) in [5, 5.41) is 3.29. The summed E-state index contributed by atoms with van der Waals surface area (Å²) in [5.74, 6) is 0.218. The van der Waals surface area contributed by atoms with E-state index < -0.39 is 11.6 Å². The highest BCUT2D eigenvalue weighted by molar-refractivity contribution is 8.00. The average molecular weight is 285 g/mol. The summed E-state index contributed by atoms with van der Waals surface area (Å²) < 4.78 is 28.4. The van der Waals surface area contributed by atoms with Gasteiger partial charge in [-0.2, -0.15) is 11.8 Å². The molecule has 1 aromatic carbocycles. The van der Waals surface area contributed by atoms with E-state index in [1.165, 1.54) is 12.1 Å². The number of rotatable bonds is 4. The molecule has 1 aliphatic heterocycles. The fourth-order valence-electron chi connectivity index (χ4n) is 2.80. The van der Waals surface area contributed by atoms with Crippen LogP contribution in [0, 0.1) is 18.6 Å². The largest absolute Gasteiger partial charge is 0.309 e. The Bertz CT molecular complexity index is 456. The molecule has 4 heteroatoms. The average Bonchev–Trinajstić information content (AvgIpc) is 2.81. The summed E-state index contributed by atoms with van der Waals surface area (Å²) in [6.45, 7) is 6.47. The molecular weight excluding hydrogens is 264 g/mol.